The standard InChI is InChI=1S/2C11H13NO/c2*13-11-7-4-8-12(11)9-10-5-2-1-3-6-10/h2*1-3,5-6H,4,7-9H2. The van der Waals surface area contributed by atoms with E-state index in [1.807, 2.05) is 46.2 Å². The molecule has 0 unspecified atom stereocenters. The van der Waals surface area contributed by atoms with Crippen molar-refractivity contribution in [3.63, 3.8) is 0 Å². The minimum atomic E-state index is 0.295. The summed E-state index contributed by atoms with van der Waals surface area (Å²) in [7, 11) is 0. The van der Waals surface area contributed by atoms with Gasteiger partial charge in [0.15, 0.2) is 0 Å². The van der Waals surface area contributed by atoms with Crippen molar-refractivity contribution in [2.75, 3.05) is 13.1 Å². The molecule has 4 rings (SSSR count). The molecule has 0 saturated carbocycles. The molecule has 0 N–H and O–H groups in total. The van der Waals surface area contributed by atoms with Gasteiger partial charge < -0.3 is 9.80 Å². The van der Waals surface area contributed by atoms with E-state index in [2.05, 4.69) is 24.3 Å². The van der Waals surface area contributed by atoms with Gasteiger partial charge in [-0.05, 0) is 24.0 Å². The van der Waals surface area contributed by atoms with Gasteiger partial charge in [-0.1, -0.05) is 60.7 Å². The third kappa shape index (κ3) is 5.19. The van der Waals surface area contributed by atoms with Crippen LogP contribution >= 0.6 is 0 Å². The molecule has 0 radical (unpaired) electrons. The van der Waals surface area contributed by atoms with Crippen molar-refractivity contribution in [3.8, 4) is 0 Å². The number of amides is 2. The molecule has 2 fully saturated rings. The normalized spacial score (nSPS) is 16.6. The van der Waals surface area contributed by atoms with Crippen molar-refractivity contribution in [3.05, 3.63) is 71.8 Å². The predicted octanol–water partition coefficient (Wildman–Crippen LogP) is 3.62. The molecule has 0 atom stereocenters. The van der Waals surface area contributed by atoms with E-state index >= 15 is 0 Å². The number of rotatable bonds is 4. The lowest BCUT2D eigenvalue weighted by Gasteiger charge is -2.14. The maximum Gasteiger partial charge on any atom is 0.222 e. The summed E-state index contributed by atoms with van der Waals surface area (Å²) in [6.07, 6.45) is 3.50. The molecule has 26 heavy (non-hydrogen) atoms. The predicted molar refractivity (Wildman–Crippen MR) is 102 cm³/mol. The Morgan fingerprint density at radius 2 is 1.00 bits per heavy atom. The SMILES string of the molecule is O=C1CCCN1Cc1ccccc1.O=C1CCCN1Cc1ccccc1. The molecule has 2 heterocycles. The first-order chi connectivity index (χ1) is 12.7. The minimum Gasteiger partial charge on any atom is -0.338 e. The molecule has 0 spiro atoms. The molecule has 136 valence electrons. The molecule has 2 saturated heterocycles. The Kier molecular flexibility index (Phi) is 6.42. The fourth-order valence-electron chi connectivity index (χ4n) is 3.35. The molecule has 0 aromatic heterocycles. The molecule has 2 aliphatic heterocycles. The second-order valence-electron chi connectivity index (χ2n) is 6.81. The lowest BCUT2D eigenvalue weighted by atomic mass is 10.2. The van der Waals surface area contributed by atoms with Gasteiger partial charge in [0.1, 0.15) is 0 Å². The van der Waals surface area contributed by atoms with Crippen LogP contribution in [0.3, 0.4) is 0 Å². The Hall–Kier alpha value is -2.62. The van der Waals surface area contributed by atoms with Gasteiger partial charge in [0.2, 0.25) is 11.8 Å². The van der Waals surface area contributed by atoms with Gasteiger partial charge in [0.25, 0.3) is 0 Å². The Morgan fingerprint density at radius 3 is 1.31 bits per heavy atom. The third-order valence-corrected chi connectivity index (χ3v) is 4.78. The van der Waals surface area contributed by atoms with E-state index in [1.165, 1.54) is 11.1 Å². The van der Waals surface area contributed by atoms with Crippen LogP contribution in [0.25, 0.3) is 0 Å². The first-order valence-electron chi connectivity index (χ1n) is 9.36. The van der Waals surface area contributed by atoms with Crippen molar-refractivity contribution in [1.82, 2.24) is 9.80 Å². The Labute approximate surface area is 155 Å². The maximum atomic E-state index is 11.3. The number of hydrogen-bond acceptors (Lipinski definition) is 2. The highest BCUT2D eigenvalue weighted by molar-refractivity contribution is 5.78. The topological polar surface area (TPSA) is 40.6 Å². The van der Waals surface area contributed by atoms with E-state index in [9.17, 15) is 9.59 Å². The maximum absolute atomic E-state index is 11.3. The summed E-state index contributed by atoms with van der Waals surface area (Å²) in [6.45, 7) is 3.40. The summed E-state index contributed by atoms with van der Waals surface area (Å²) in [4.78, 5) is 26.5. The Morgan fingerprint density at radius 1 is 0.615 bits per heavy atom. The van der Waals surface area contributed by atoms with Crippen LogP contribution < -0.4 is 0 Å². The number of likely N-dealkylation sites (tertiary alicyclic amines) is 2. The number of benzene rings is 2. The van der Waals surface area contributed by atoms with Crippen molar-refractivity contribution in [2.45, 2.75) is 38.8 Å². The lowest BCUT2D eigenvalue weighted by molar-refractivity contribution is -0.129. The van der Waals surface area contributed by atoms with Crippen LogP contribution in [0.4, 0.5) is 0 Å². The first-order valence-corrected chi connectivity index (χ1v) is 9.36. The second-order valence-corrected chi connectivity index (χ2v) is 6.81. The van der Waals surface area contributed by atoms with Gasteiger partial charge in [-0.2, -0.15) is 0 Å². The van der Waals surface area contributed by atoms with E-state index in [1.54, 1.807) is 0 Å². The highest BCUT2D eigenvalue weighted by Crippen LogP contribution is 2.14. The summed E-state index contributed by atoms with van der Waals surface area (Å²) in [5.41, 5.74) is 2.44. The Bertz CT molecular complexity index is 652. The number of hydrogen-bond donors (Lipinski definition) is 0. The van der Waals surface area contributed by atoms with E-state index in [0.29, 0.717) is 11.8 Å². The molecule has 2 aromatic carbocycles. The van der Waals surface area contributed by atoms with Gasteiger partial charge in [0, 0.05) is 39.0 Å². The molecular weight excluding hydrogens is 324 g/mol. The van der Waals surface area contributed by atoms with Gasteiger partial charge in [0.05, 0.1) is 0 Å². The molecule has 0 bridgehead atoms. The van der Waals surface area contributed by atoms with Gasteiger partial charge in [-0.15, -0.1) is 0 Å². The molecule has 2 aromatic rings. The monoisotopic (exact) mass is 350 g/mol. The van der Waals surface area contributed by atoms with E-state index in [4.69, 9.17) is 0 Å². The van der Waals surface area contributed by atoms with Crippen LogP contribution in [0.15, 0.2) is 60.7 Å². The van der Waals surface area contributed by atoms with E-state index < -0.39 is 0 Å². The van der Waals surface area contributed by atoms with Crippen LogP contribution in [0.2, 0.25) is 0 Å². The van der Waals surface area contributed by atoms with Gasteiger partial charge in [-0.25, -0.2) is 0 Å². The zero-order valence-corrected chi connectivity index (χ0v) is 15.1. The van der Waals surface area contributed by atoms with Crippen LogP contribution in [0, 0.1) is 0 Å². The molecule has 4 nitrogen and oxygen atoms in total. The Balaban J connectivity index is 0.000000151. The lowest BCUT2D eigenvalue weighted by Crippen LogP contribution is -2.23. The number of carbonyl (C=O) groups is 2. The smallest absolute Gasteiger partial charge is 0.222 e. The van der Waals surface area contributed by atoms with Crippen LogP contribution in [0.5, 0.6) is 0 Å². The molecule has 0 aliphatic carbocycles. The summed E-state index contributed by atoms with van der Waals surface area (Å²) >= 11 is 0. The highest BCUT2D eigenvalue weighted by atomic mass is 16.2. The van der Waals surface area contributed by atoms with Gasteiger partial charge >= 0.3 is 0 Å². The minimum absolute atomic E-state index is 0.295. The van der Waals surface area contributed by atoms with Crippen molar-refractivity contribution < 1.29 is 9.59 Å². The highest BCUT2D eigenvalue weighted by Gasteiger charge is 2.20. The largest absolute Gasteiger partial charge is 0.338 e. The average Bonchev–Trinajstić information content (AvgIpc) is 3.26. The fraction of sp³-hybridized carbons (Fsp3) is 0.364. The number of carbonyl (C=O) groups excluding carboxylic acids is 2. The zero-order chi connectivity index (χ0) is 18.2. The summed E-state index contributed by atoms with van der Waals surface area (Å²) in [5, 5.41) is 0. The van der Waals surface area contributed by atoms with Crippen molar-refractivity contribution in [2.24, 2.45) is 0 Å². The molecule has 2 amide bonds. The second kappa shape index (κ2) is 9.18. The van der Waals surface area contributed by atoms with Crippen molar-refractivity contribution >= 4 is 11.8 Å². The van der Waals surface area contributed by atoms with E-state index in [-0.39, 0.29) is 0 Å². The van der Waals surface area contributed by atoms with E-state index in [0.717, 1.165) is 51.9 Å². The van der Waals surface area contributed by atoms with Crippen LogP contribution in [0.1, 0.15) is 36.8 Å². The van der Waals surface area contributed by atoms with Crippen LogP contribution in [-0.2, 0) is 22.7 Å². The third-order valence-electron chi connectivity index (χ3n) is 4.78. The molecule has 4 heteroatoms. The van der Waals surface area contributed by atoms with Gasteiger partial charge in [-0.3, -0.25) is 9.59 Å². The summed E-state index contributed by atoms with van der Waals surface area (Å²) in [5.74, 6) is 0.590. The summed E-state index contributed by atoms with van der Waals surface area (Å²) < 4.78 is 0. The molecule has 2 aliphatic rings. The van der Waals surface area contributed by atoms with Crippen LogP contribution in [-0.4, -0.2) is 34.7 Å². The zero-order valence-electron chi connectivity index (χ0n) is 15.1. The average molecular weight is 350 g/mol. The molecular formula is C22H26N2O2. The fourth-order valence-corrected chi connectivity index (χ4v) is 3.35. The first kappa shape index (κ1) is 18.2. The quantitative estimate of drug-likeness (QED) is 0.845. The van der Waals surface area contributed by atoms with Crippen molar-refractivity contribution in [1.29, 1.82) is 0 Å². The summed E-state index contributed by atoms with van der Waals surface area (Å²) in [6, 6.07) is 20.3. The number of nitrogens with zero attached hydrogens (tertiary/aromatic N) is 2.